The molecule has 1 atom stereocenters. The molecule has 162 valence electrons. The minimum atomic E-state index is -0.631. The normalized spacial score (nSPS) is 14.1. The lowest BCUT2D eigenvalue weighted by atomic mass is 9.99. The van der Waals surface area contributed by atoms with Crippen molar-refractivity contribution in [2.75, 3.05) is 26.1 Å². The van der Waals surface area contributed by atoms with Crippen LogP contribution >= 0.6 is 11.3 Å². The highest BCUT2D eigenvalue weighted by atomic mass is 32.1. The summed E-state index contributed by atoms with van der Waals surface area (Å²) >= 11 is 1.34. The molecule has 1 aromatic heterocycles. The summed E-state index contributed by atoms with van der Waals surface area (Å²) < 4.78 is 10.8. The van der Waals surface area contributed by atoms with Crippen LogP contribution in [0, 0.1) is 5.92 Å². The molecule has 2 N–H and O–H groups in total. The van der Waals surface area contributed by atoms with Crippen molar-refractivity contribution in [2.45, 2.75) is 39.3 Å². The highest BCUT2D eigenvalue weighted by Crippen LogP contribution is 2.33. The van der Waals surface area contributed by atoms with Gasteiger partial charge in [-0.15, -0.1) is 11.3 Å². The summed E-state index contributed by atoms with van der Waals surface area (Å²) in [7, 11) is 3.20. The number of amides is 3. The number of ether oxygens (including phenoxy) is 2. The molecule has 2 heterocycles. The highest BCUT2D eigenvalue weighted by Gasteiger charge is 2.28. The molecular formula is C21H28N4O4S. The second-order valence-electron chi connectivity index (χ2n) is 7.61. The number of fused-ring (bicyclic) bond motifs is 1. The first-order valence-electron chi connectivity index (χ1n) is 9.90. The van der Waals surface area contributed by atoms with Crippen molar-refractivity contribution in [2.24, 2.45) is 5.92 Å². The molecule has 2 aromatic rings. The summed E-state index contributed by atoms with van der Waals surface area (Å²) in [5.41, 5.74) is 2.15. The third kappa shape index (κ3) is 5.21. The number of benzene rings is 1. The Bertz CT molecular complexity index is 885. The van der Waals surface area contributed by atoms with Crippen LogP contribution in [0.3, 0.4) is 0 Å². The number of nitrogens with one attached hydrogen (secondary N) is 2. The Labute approximate surface area is 180 Å². The van der Waals surface area contributed by atoms with E-state index in [4.69, 9.17) is 9.47 Å². The zero-order valence-electron chi connectivity index (χ0n) is 17.7. The van der Waals surface area contributed by atoms with Crippen molar-refractivity contribution >= 4 is 28.4 Å². The molecule has 8 nitrogen and oxygen atoms in total. The number of thiazole rings is 1. The van der Waals surface area contributed by atoms with E-state index < -0.39 is 6.04 Å². The zero-order valence-corrected chi connectivity index (χ0v) is 18.5. The van der Waals surface area contributed by atoms with Gasteiger partial charge in [-0.2, -0.15) is 0 Å². The molecule has 1 aliphatic rings. The van der Waals surface area contributed by atoms with Gasteiger partial charge >= 0.3 is 6.03 Å². The second-order valence-corrected chi connectivity index (χ2v) is 8.50. The van der Waals surface area contributed by atoms with Crippen LogP contribution in [0.2, 0.25) is 0 Å². The largest absolute Gasteiger partial charge is 0.493 e. The summed E-state index contributed by atoms with van der Waals surface area (Å²) in [5, 5.41) is 8.01. The monoisotopic (exact) mass is 432 g/mol. The lowest BCUT2D eigenvalue weighted by molar-refractivity contribution is -0.118. The fourth-order valence-corrected chi connectivity index (χ4v) is 4.01. The molecule has 1 aliphatic heterocycles. The first kappa shape index (κ1) is 21.9. The summed E-state index contributed by atoms with van der Waals surface area (Å²) in [6, 6.07) is 2.99. The Balaban J connectivity index is 1.69. The molecule has 3 rings (SSSR count). The molecule has 3 amide bonds. The smallest absolute Gasteiger partial charge is 0.318 e. The van der Waals surface area contributed by atoms with Gasteiger partial charge in [-0.25, -0.2) is 9.78 Å². The highest BCUT2D eigenvalue weighted by molar-refractivity contribution is 7.13. The SMILES string of the molecule is COc1cc2c(cc1OC)CN(C(=O)N[C@H](CC(C)C)C(=O)Nc1nccs1)CC2. The van der Waals surface area contributed by atoms with E-state index in [1.165, 1.54) is 11.3 Å². The van der Waals surface area contributed by atoms with E-state index in [1.807, 2.05) is 26.0 Å². The van der Waals surface area contributed by atoms with Crippen LogP contribution in [0.5, 0.6) is 11.5 Å². The quantitative estimate of drug-likeness (QED) is 0.700. The number of hydrogen-bond donors (Lipinski definition) is 2. The Morgan fingerprint density at radius 2 is 1.90 bits per heavy atom. The topological polar surface area (TPSA) is 92.8 Å². The molecule has 0 saturated carbocycles. The van der Waals surface area contributed by atoms with Crippen LogP contribution in [0.15, 0.2) is 23.7 Å². The molecule has 1 aromatic carbocycles. The van der Waals surface area contributed by atoms with Gasteiger partial charge in [0.2, 0.25) is 5.91 Å². The fraction of sp³-hybridized carbons (Fsp3) is 0.476. The predicted molar refractivity (Wildman–Crippen MR) is 116 cm³/mol. The molecule has 9 heteroatoms. The van der Waals surface area contributed by atoms with Crippen molar-refractivity contribution in [3.05, 3.63) is 34.8 Å². The number of nitrogens with zero attached hydrogens (tertiary/aromatic N) is 2. The Morgan fingerprint density at radius 1 is 1.20 bits per heavy atom. The van der Waals surface area contributed by atoms with E-state index >= 15 is 0 Å². The van der Waals surface area contributed by atoms with Crippen LogP contribution in [-0.2, 0) is 17.8 Å². The number of methoxy groups -OCH3 is 2. The number of urea groups is 1. The summed E-state index contributed by atoms with van der Waals surface area (Å²) in [4.78, 5) is 31.5. The molecule has 0 radical (unpaired) electrons. The first-order chi connectivity index (χ1) is 14.4. The number of hydrogen-bond acceptors (Lipinski definition) is 6. The van der Waals surface area contributed by atoms with Gasteiger partial charge in [0.05, 0.1) is 14.2 Å². The van der Waals surface area contributed by atoms with Crippen molar-refractivity contribution < 1.29 is 19.1 Å². The van der Waals surface area contributed by atoms with Gasteiger partial charge in [0.25, 0.3) is 0 Å². The third-order valence-corrected chi connectivity index (χ3v) is 5.68. The average molecular weight is 433 g/mol. The average Bonchev–Trinajstić information content (AvgIpc) is 3.24. The standard InChI is InChI=1S/C21H28N4O4S/c1-13(2)9-16(19(26)24-20-22-6-8-30-20)23-21(27)25-7-5-14-10-17(28-3)18(29-4)11-15(14)12-25/h6,8,10-11,13,16H,5,7,9,12H2,1-4H3,(H,23,27)(H,22,24,26)/t16-/m1/s1. The Kier molecular flexibility index (Phi) is 7.15. The van der Waals surface area contributed by atoms with Crippen molar-refractivity contribution in [1.29, 1.82) is 0 Å². The maximum atomic E-state index is 13.0. The lowest BCUT2D eigenvalue weighted by Crippen LogP contribution is -2.51. The number of anilines is 1. The third-order valence-electron chi connectivity index (χ3n) is 4.99. The second kappa shape index (κ2) is 9.80. The number of carbonyl (C=O) groups excluding carboxylic acids is 2. The minimum absolute atomic E-state index is 0.246. The summed E-state index contributed by atoms with van der Waals surface area (Å²) in [6.07, 6.45) is 2.88. The molecular weight excluding hydrogens is 404 g/mol. The molecule has 0 fully saturated rings. The predicted octanol–water partition coefficient (Wildman–Crippen LogP) is 3.28. The molecule has 0 bridgehead atoms. The van der Waals surface area contributed by atoms with E-state index in [9.17, 15) is 9.59 Å². The van der Waals surface area contributed by atoms with E-state index in [1.54, 1.807) is 30.7 Å². The van der Waals surface area contributed by atoms with Crippen LogP contribution in [0.1, 0.15) is 31.4 Å². The first-order valence-corrected chi connectivity index (χ1v) is 10.8. The summed E-state index contributed by atoms with van der Waals surface area (Å²) in [5.74, 6) is 1.32. The molecule has 0 saturated heterocycles. The van der Waals surface area contributed by atoms with E-state index in [-0.39, 0.29) is 17.9 Å². The van der Waals surface area contributed by atoms with Crippen LogP contribution in [0.25, 0.3) is 0 Å². The van der Waals surface area contributed by atoms with Gasteiger partial charge < -0.3 is 25.0 Å². The van der Waals surface area contributed by atoms with Gasteiger partial charge in [-0.1, -0.05) is 13.8 Å². The number of rotatable bonds is 7. The Hall–Kier alpha value is -2.81. The minimum Gasteiger partial charge on any atom is -0.493 e. The lowest BCUT2D eigenvalue weighted by Gasteiger charge is -2.31. The van der Waals surface area contributed by atoms with E-state index in [2.05, 4.69) is 15.6 Å². The van der Waals surface area contributed by atoms with Crippen LogP contribution in [-0.4, -0.2) is 48.6 Å². The fourth-order valence-electron chi connectivity index (χ4n) is 3.48. The molecule has 0 aliphatic carbocycles. The maximum Gasteiger partial charge on any atom is 0.318 e. The van der Waals surface area contributed by atoms with Crippen molar-refractivity contribution in [3.8, 4) is 11.5 Å². The van der Waals surface area contributed by atoms with Crippen molar-refractivity contribution in [1.82, 2.24) is 15.2 Å². The van der Waals surface area contributed by atoms with Gasteiger partial charge in [0, 0.05) is 24.7 Å². The van der Waals surface area contributed by atoms with Crippen molar-refractivity contribution in [3.63, 3.8) is 0 Å². The molecule has 0 spiro atoms. The van der Waals surface area contributed by atoms with E-state index in [0.29, 0.717) is 42.6 Å². The van der Waals surface area contributed by atoms with Gasteiger partial charge in [-0.3, -0.25) is 4.79 Å². The Morgan fingerprint density at radius 3 is 2.50 bits per heavy atom. The van der Waals surface area contributed by atoms with Crippen LogP contribution < -0.4 is 20.1 Å². The molecule has 0 unspecified atom stereocenters. The van der Waals surface area contributed by atoms with Crippen LogP contribution in [0.4, 0.5) is 9.93 Å². The van der Waals surface area contributed by atoms with Gasteiger partial charge in [0.1, 0.15) is 6.04 Å². The molecule has 30 heavy (non-hydrogen) atoms. The number of aromatic nitrogens is 1. The number of carbonyl (C=O) groups is 2. The maximum absolute atomic E-state index is 13.0. The van der Waals surface area contributed by atoms with E-state index in [0.717, 1.165) is 11.1 Å². The van der Waals surface area contributed by atoms with Gasteiger partial charge in [-0.05, 0) is 42.0 Å². The zero-order chi connectivity index (χ0) is 21.7. The summed E-state index contributed by atoms with van der Waals surface area (Å²) in [6.45, 7) is 5.06. The van der Waals surface area contributed by atoms with Gasteiger partial charge in [0.15, 0.2) is 16.6 Å².